The average Bonchev–Trinajstić information content (AvgIpc) is 3.26. The van der Waals surface area contributed by atoms with Gasteiger partial charge in [0.25, 0.3) is 5.91 Å². The van der Waals surface area contributed by atoms with E-state index in [0.717, 1.165) is 11.3 Å². The highest BCUT2D eigenvalue weighted by Gasteiger charge is 2.13. The first-order valence-electron chi connectivity index (χ1n) is 8.94. The Bertz CT molecular complexity index is 990. The lowest BCUT2D eigenvalue weighted by Crippen LogP contribution is -2.21. The molecule has 150 valence electrons. The summed E-state index contributed by atoms with van der Waals surface area (Å²) in [5.74, 6) is 0.0332. The van der Waals surface area contributed by atoms with Crippen molar-refractivity contribution in [2.24, 2.45) is 0 Å². The van der Waals surface area contributed by atoms with Crippen LogP contribution >= 0.6 is 0 Å². The monoisotopic (exact) mass is 394 g/mol. The SMILES string of the molecule is COc1cc(NC(=O)COC(=O)c2ccc(C)c(-n3cccc3)c2)cc(OC)c1. The van der Waals surface area contributed by atoms with Crippen molar-refractivity contribution < 1.29 is 23.8 Å². The van der Waals surface area contributed by atoms with Crippen LogP contribution < -0.4 is 14.8 Å². The minimum atomic E-state index is -0.572. The molecule has 0 spiro atoms. The minimum Gasteiger partial charge on any atom is -0.497 e. The van der Waals surface area contributed by atoms with Gasteiger partial charge >= 0.3 is 5.97 Å². The lowest BCUT2D eigenvalue weighted by atomic mass is 10.1. The summed E-state index contributed by atoms with van der Waals surface area (Å²) in [4.78, 5) is 24.6. The molecule has 0 aliphatic carbocycles. The topological polar surface area (TPSA) is 78.8 Å². The second-order valence-corrected chi connectivity index (χ2v) is 6.32. The van der Waals surface area contributed by atoms with Gasteiger partial charge in [-0.3, -0.25) is 4.79 Å². The van der Waals surface area contributed by atoms with Crippen LogP contribution in [0.15, 0.2) is 60.9 Å². The summed E-state index contributed by atoms with van der Waals surface area (Å²) in [5, 5.41) is 2.66. The Kier molecular flexibility index (Phi) is 6.19. The molecule has 0 unspecified atom stereocenters. The fraction of sp³-hybridized carbons (Fsp3) is 0.182. The lowest BCUT2D eigenvalue weighted by Gasteiger charge is -2.11. The van der Waals surface area contributed by atoms with Gasteiger partial charge in [0.05, 0.1) is 19.8 Å². The van der Waals surface area contributed by atoms with Crippen LogP contribution in [0.4, 0.5) is 5.69 Å². The predicted molar refractivity (Wildman–Crippen MR) is 109 cm³/mol. The molecule has 7 nitrogen and oxygen atoms in total. The van der Waals surface area contributed by atoms with Crippen LogP contribution in [0.5, 0.6) is 11.5 Å². The molecule has 1 aromatic heterocycles. The van der Waals surface area contributed by atoms with E-state index in [4.69, 9.17) is 14.2 Å². The number of aromatic nitrogens is 1. The van der Waals surface area contributed by atoms with E-state index in [1.807, 2.05) is 42.1 Å². The molecule has 0 fully saturated rings. The van der Waals surface area contributed by atoms with Crippen molar-refractivity contribution in [3.8, 4) is 17.2 Å². The zero-order valence-corrected chi connectivity index (χ0v) is 16.5. The van der Waals surface area contributed by atoms with Gasteiger partial charge in [0.1, 0.15) is 11.5 Å². The van der Waals surface area contributed by atoms with Gasteiger partial charge in [-0.25, -0.2) is 4.79 Å². The Morgan fingerprint density at radius 3 is 2.24 bits per heavy atom. The Hall–Kier alpha value is -3.74. The van der Waals surface area contributed by atoms with Gasteiger partial charge in [0, 0.05) is 42.0 Å². The first-order valence-corrected chi connectivity index (χ1v) is 8.94. The van der Waals surface area contributed by atoms with E-state index in [1.165, 1.54) is 14.2 Å². The molecule has 3 aromatic rings. The van der Waals surface area contributed by atoms with Crippen molar-refractivity contribution in [2.45, 2.75) is 6.92 Å². The normalized spacial score (nSPS) is 10.3. The van der Waals surface area contributed by atoms with Crippen molar-refractivity contribution in [1.29, 1.82) is 0 Å². The number of rotatable bonds is 7. The number of benzene rings is 2. The Balaban J connectivity index is 1.64. The van der Waals surface area contributed by atoms with E-state index in [2.05, 4.69) is 5.32 Å². The zero-order valence-electron chi connectivity index (χ0n) is 16.5. The van der Waals surface area contributed by atoms with Crippen molar-refractivity contribution in [2.75, 3.05) is 26.1 Å². The van der Waals surface area contributed by atoms with E-state index >= 15 is 0 Å². The van der Waals surface area contributed by atoms with Gasteiger partial charge in [-0.05, 0) is 36.8 Å². The van der Waals surface area contributed by atoms with E-state index in [1.54, 1.807) is 30.3 Å². The third kappa shape index (κ3) is 4.95. The number of ether oxygens (including phenoxy) is 3. The van der Waals surface area contributed by atoms with E-state index in [0.29, 0.717) is 22.7 Å². The van der Waals surface area contributed by atoms with Gasteiger partial charge < -0.3 is 24.1 Å². The van der Waals surface area contributed by atoms with E-state index < -0.39 is 18.5 Å². The molecule has 1 amide bonds. The molecule has 0 saturated heterocycles. The summed E-state index contributed by atoms with van der Waals surface area (Å²) >= 11 is 0. The average molecular weight is 394 g/mol. The molecule has 1 heterocycles. The molecule has 0 aliphatic rings. The minimum absolute atomic E-state index is 0.371. The number of nitrogens with zero attached hydrogens (tertiary/aromatic N) is 1. The summed E-state index contributed by atoms with van der Waals surface area (Å²) in [5.41, 5.74) is 2.74. The molecule has 1 N–H and O–H groups in total. The van der Waals surface area contributed by atoms with Crippen LogP contribution in [-0.4, -0.2) is 37.3 Å². The maximum atomic E-state index is 12.4. The maximum absolute atomic E-state index is 12.4. The number of methoxy groups -OCH3 is 2. The summed E-state index contributed by atoms with van der Waals surface area (Å²) in [6, 6.07) is 14.0. The number of carbonyl (C=O) groups excluding carboxylic acids is 2. The van der Waals surface area contributed by atoms with Crippen LogP contribution in [0.25, 0.3) is 5.69 Å². The van der Waals surface area contributed by atoms with Crippen molar-refractivity contribution in [3.05, 3.63) is 72.1 Å². The third-order valence-corrected chi connectivity index (χ3v) is 4.30. The first-order chi connectivity index (χ1) is 14.0. The number of aryl methyl sites for hydroxylation is 1. The smallest absolute Gasteiger partial charge is 0.338 e. The number of nitrogens with one attached hydrogen (secondary N) is 1. The lowest BCUT2D eigenvalue weighted by molar-refractivity contribution is -0.119. The molecular weight excluding hydrogens is 372 g/mol. The van der Waals surface area contributed by atoms with Crippen molar-refractivity contribution in [3.63, 3.8) is 0 Å². The molecule has 3 rings (SSSR count). The van der Waals surface area contributed by atoms with Gasteiger partial charge in [0.2, 0.25) is 0 Å². The van der Waals surface area contributed by atoms with Gasteiger partial charge in [-0.2, -0.15) is 0 Å². The molecule has 0 saturated carbocycles. The molecule has 0 bridgehead atoms. The summed E-state index contributed by atoms with van der Waals surface area (Å²) in [6.45, 7) is 1.55. The fourth-order valence-electron chi connectivity index (χ4n) is 2.80. The van der Waals surface area contributed by atoms with Crippen LogP contribution in [0.2, 0.25) is 0 Å². The molecule has 0 atom stereocenters. The zero-order chi connectivity index (χ0) is 20.8. The Labute approximate surface area is 168 Å². The second kappa shape index (κ2) is 8.97. The van der Waals surface area contributed by atoms with Gasteiger partial charge in [0.15, 0.2) is 6.61 Å². The van der Waals surface area contributed by atoms with Crippen molar-refractivity contribution >= 4 is 17.6 Å². The van der Waals surface area contributed by atoms with Gasteiger partial charge in [-0.1, -0.05) is 6.07 Å². The summed E-state index contributed by atoms with van der Waals surface area (Å²) < 4.78 is 17.4. The highest BCUT2D eigenvalue weighted by molar-refractivity contribution is 5.96. The number of hydrogen-bond donors (Lipinski definition) is 1. The molecule has 2 aromatic carbocycles. The quantitative estimate of drug-likeness (QED) is 0.620. The van der Waals surface area contributed by atoms with Crippen molar-refractivity contribution in [1.82, 2.24) is 4.57 Å². The number of amides is 1. The highest BCUT2D eigenvalue weighted by atomic mass is 16.5. The number of carbonyl (C=O) groups is 2. The van der Waals surface area contributed by atoms with E-state index in [9.17, 15) is 9.59 Å². The van der Waals surface area contributed by atoms with Crippen LogP contribution in [0.3, 0.4) is 0 Å². The van der Waals surface area contributed by atoms with Gasteiger partial charge in [-0.15, -0.1) is 0 Å². The fourth-order valence-corrected chi connectivity index (χ4v) is 2.80. The molecule has 7 heteroatoms. The van der Waals surface area contributed by atoms with Crippen LogP contribution in [0.1, 0.15) is 15.9 Å². The first kappa shape index (κ1) is 20.0. The Morgan fingerprint density at radius 2 is 1.62 bits per heavy atom. The standard InChI is InChI=1S/C22H22N2O5/c1-15-6-7-16(10-20(15)24-8-4-5-9-24)22(26)29-14-21(25)23-17-11-18(27-2)13-19(12-17)28-3/h4-13H,14H2,1-3H3,(H,23,25). The number of hydrogen-bond acceptors (Lipinski definition) is 5. The number of esters is 1. The van der Waals surface area contributed by atoms with Crippen LogP contribution in [0, 0.1) is 6.92 Å². The maximum Gasteiger partial charge on any atom is 0.338 e. The van der Waals surface area contributed by atoms with E-state index in [-0.39, 0.29) is 0 Å². The highest BCUT2D eigenvalue weighted by Crippen LogP contribution is 2.25. The second-order valence-electron chi connectivity index (χ2n) is 6.32. The predicted octanol–water partition coefficient (Wildman–Crippen LogP) is 3.60. The Morgan fingerprint density at radius 1 is 0.966 bits per heavy atom. The largest absolute Gasteiger partial charge is 0.497 e. The van der Waals surface area contributed by atoms with Crippen LogP contribution in [-0.2, 0) is 9.53 Å². The summed E-state index contributed by atoms with van der Waals surface area (Å²) in [6.07, 6.45) is 3.79. The molecule has 0 aliphatic heterocycles. The number of anilines is 1. The third-order valence-electron chi connectivity index (χ3n) is 4.30. The molecule has 0 radical (unpaired) electrons. The summed E-state index contributed by atoms with van der Waals surface area (Å²) in [7, 11) is 3.04. The molecule has 29 heavy (non-hydrogen) atoms. The molecular formula is C22H22N2O5.